The fourth-order valence-corrected chi connectivity index (χ4v) is 1.10. The van der Waals surface area contributed by atoms with Gasteiger partial charge in [0.25, 0.3) is 0 Å². The van der Waals surface area contributed by atoms with Crippen LogP contribution in [0, 0.1) is 0 Å². The number of aromatic hydroxyl groups is 1. The minimum Gasteiger partial charge on any atom is -0.506 e. The molecule has 1 aromatic rings. The second kappa shape index (κ2) is 5.21. The van der Waals surface area contributed by atoms with E-state index in [1.54, 1.807) is 19.2 Å². The van der Waals surface area contributed by atoms with E-state index in [9.17, 15) is 9.90 Å². The zero-order valence-corrected chi connectivity index (χ0v) is 8.06. The Bertz CT molecular complexity index is 312. The summed E-state index contributed by atoms with van der Waals surface area (Å²) in [7, 11) is 0. The molecule has 1 N–H and O–H groups in total. The number of hydrogen-bond acceptors (Lipinski definition) is 4. The quantitative estimate of drug-likeness (QED) is 0.735. The van der Waals surface area contributed by atoms with Crippen molar-refractivity contribution in [1.29, 1.82) is 0 Å². The molecule has 0 aromatic carbocycles. The van der Waals surface area contributed by atoms with Crippen LogP contribution in [0.5, 0.6) is 5.75 Å². The van der Waals surface area contributed by atoms with Crippen LogP contribution in [0.25, 0.3) is 0 Å². The highest BCUT2D eigenvalue weighted by molar-refractivity contribution is 5.69. The molecule has 0 aliphatic carbocycles. The lowest BCUT2D eigenvalue weighted by molar-refractivity contribution is -0.143. The van der Waals surface area contributed by atoms with Crippen LogP contribution >= 0.6 is 0 Å². The summed E-state index contributed by atoms with van der Waals surface area (Å²) in [6.45, 7) is 2.16. The normalized spacial score (nSPS) is 9.79. The smallest absolute Gasteiger partial charge is 0.306 e. The highest BCUT2D eigenvalue weighted by Crippen LogP contribution is 2.15. The number of nitrogens with zero attached hydrogens (tertiary/aromatic N) is 1. The predicted molar refractivity (Wildman–Crippen MR) is 50.9 cm³/mol. The Morgan fingerprint density at radius 1 is 1.64 bits per heavy atom. The first kappa shape index (κ1) is 10.5. The Morgan fingerprint density at radius 2 is 2.43 bits per heavy atom. The van der Waals surface area contributed by atoms with Gasteiger partial charge in [-0.25, -0.2) is 0 Å². The van der Waals surface area contributed by atoms with Gasteiger partial charge in [0.05, 0.1) is 12.8 Å². The van der Waals surface area contributed by atoms with Crippen molar-refractivity contribution in [3.05, 3.63) is 24.0 Å². The van der Waals surface area contributed by atoms with Crippen LogP contribution in [-0.4, -0.2) is 22.7 Å². The average molecular weight is 195 g/mol. The summed E-state index contributed by atoms with van der Waals surface area (Å²) in [6.07, 6.45) is 3.71. The van der Waals surface area contributed by atoms with Crippen LogP contribution < -0.4 is 0 Å². The molecule has 0 aliphatic rings. The number of ether oxygens (including phenoxy) is 1. The Balaban J connectivity index is 2.46. The first-order valence-electron chi connectivity index (χ1n) is 4.51. The maximum atomic E-state index is 11.0. The van der Waals surface area contributed by atoms with Crippen molar-refractivity contribution in [2.45, 2.75) is 19.8 Å². The maximum Gasteiger partial charge on any atom is 0.306 e. The monoisotopic (exact) mass is 195 g/mol. The number of carbonyl (C=O) groups excluding carboxylic acids is 1. The third kappa shape index (κ3) is 3.05. The fourth-order valence-electron chi connectivity index (χ4n) is 1.10. The van der Waals surface area contributed by atoms with Gasteiger partial charge in [-0.3, -0.25) is 9.78 Å². The molecule has 0 atom stereocenters. The van der Waals surface area contributed by atoms with Gasteiger partial charge in [-0.05, 0) is 25.0 Å². The van der Waals surface area contributed by atoms with E-state index in [0.717, 1.165) is 0 Å². The summed E-state index contributed by atoms with van der Waals surface area (Å²) >= 11 is 0. The number of esters is 1. The van der Waals surface area contributed by atoms with Crippen LogP contribution in [0.4, 0.5) is 0 Å². The Hall–Kier alpha value is -1.58. The highest BCUT2D eigenvalue weighted by atomic mass is 16.5. The third-order valence-electron chi connectivity index (χ3n) is 1.79. The van der Waals surface area contributed by atoms with Crippen LogP contribution in [0.15, 0.2) is 18.5 Å². The first-order chi connectivity index (χ1) is 6.74. The van der Waals surface area contributed by atoms with Gasteiger partial charge in [-0.2, -0.15) is 0 Å². The van der Waals surface area contributed by atoms with Crippen LogP contribution in [0.2, 0.25) is 0 Å². The number of aromatic nitrogens is 1. The Labute approximate surface area is 82.5 Å². The van der Waals surface area contributed by atoms with Gasteiger partial charge >= 0.3 is 5.97 Å². The molecule has 0 unspecified atom stereocenters. The summed E-state index contributed by atoms with van der Waals surface area (Å²) in [5.74, 6) is -0.125. The van der Waals surface area contributed by atoms with E-state index in [-0.39, 0.29) is 18.1 Å². The molecule has 0 saturated heterocycles. The molecule has 1 rings (SSSR count). The molecule has 0 aliphatic heterocycles. The number of hydrogen-bond donors (Lipinski definition) is 1. The molecule has 0 fully saturated rings. The van der Waals surface area contributed by atoms with Gasteiger partial charge < -0.3 is 9.84 Å². The second-order valence-electron chi connectivity index (χ2n) is 2.81. The van der Waals surface area contributed by atoms with Gasteiger partial charge in [0.2, 0.25) is 0 Å². The zero-order valence-electron chi connectivity index (χ0n) is 8.06. The van der Waals surface area contributed by atoms with Crippen molar-refractivity contribution < 1.29 is 14.6 Å². The van der Waals surface area contributed by atoms with E-state index in [2.05, 4.69) is 4.98 Å². The lowest BCUT2D eigenvalue weighted by Crippen LogP contribution is -2.05. The van der Waals surface area contributed by atoms with E-state index in [1.165, 1.54) is 6.20 Å². The van der Waals surface area contributed by atoms with Gasteiger partial charge in [-0.15, -0.1) is 0 Å². The molecular formula is C10H13NO3. The third-order valence-corrected chi connectivity index (χ3v) is 1.79. The van der Waals surface area contributed by atoms with Crippen molar-refractivity contribution in [2.75, 3.05) is 6.61 Å². The summed E-state index contributed by atoms with van der Waals surface area (Å²) in [5.41, 5.74) is 0.716. The Morgan fingerprint density at radius 3 is 3.07 bits per heavy atom. The van der Waals surface area contributed by atoms with Crippen molar-refractivity contribution in [3.8, 4) is 5.75 Å². The molecule has 1 aromatic heterocycles. The van der Waals surface area contributed by atoms with Crippen molar-refractivity contribution in [2.24, 2.45) is 0 Å². The number of pyridine rings is 1. The fraction of sp³-hybridized carbons (Fsp3) is 0.400. The van der Waals surface area contributed by atoms with Gasteiger partial charge in [0.15, 0.2) is 0 Å². The predicted octanol–water partition coefficient (Wildman–Crippen LogP) is 1.28. The van der Waals surface area contributed by atoms with Gasteiger partial charge in [0, 0.05) is 12.6 Å². The van der Waals surface area contributed by atoms with Gasteiger partial charge in [-0.1, -0.05) is 0 Å². The summed E-state index contributed by atoms with van der Waals surface area (Å²) in [4.78, 5) is 14.8. The number of aryl methyl sites for hydroxylation is 1. The lowest BCUT2D eigenvalue weighted by Gasteiger charge is -2.03. The van der Waals surface area contributed by atoms with Crippen LogP contribution in [0.1, 0.15) is 18.9 Å². The minimum atomic E-state index is -0.247. The summed E-state index contributed by atoms with van der Waals surface area (Å²) in [6, 6.07) is 1.69. The Kier molecular flexibility index (Phi) is 3.91. The highest BCUT2D eigenvalue weighted by Gasteiger charge is 2.05. The molecule has 1 heterocycles. The standard InChI is InChI=1S/C10H13NO3/c1-2-14-10(13)4-3-8-5-6-11-7-9(8)12/h5-7,12H,2-4H2,1H3. The van der Waals surface area contributed by atoms with E-state index in [4.69, 9.17) is 4.74 Å². The molecule has 0 saturated carbocycles. The summed E-state index contributed by atoms with van der Waals surface area (Å²) in [5, 5.41) is 9.34. The molecule has 0 bridgehead atoms. The SMILES string of the molecule is CCOC(=O)CCc1ccncc1O. The van der Waals surface area contributed by atoms with E-state index in [0.29, 0.717) is 18.6 Å². The number of carbonyl (C=O) groups is 1. The van der Waals surface area contributed by atoms with Crippen molar-refractivity contribution >= 4 is 5.97 Å². The molecule has 76 valence electrons. The lowest BCUT2D eigenvalue weighted by atomic mass is 10.1. The molecule has 0 amide bonds. The molecule has 0 radical (unpaired) electrons. The van der Waals surface area contributed by atoms with Gasteiger partial charge in [0.1, 0.15) is 5.75 Å². The first-order valence-corrected chi connectivity index (χ1v) is 4.51. The van der Waals surface area contributed by atoms with E-state index in [1.807, 2.05) is 0 Å². The van der Waals surface area contributed by atoms with Crippen molar-refractivity contribution in [3.63, 3.8) is 0 Å². The van der Waals surface area contributed by atoms with Crippen molar-refractivity contribution in [1.82, 2.24) is 4.98 Å². The second-order valence-corrected chi connectivity index (χ2v) is 2.81. The molecule has 4 heteroatoms. The maximum absolute atomic E-state index is 11.0. The molecular weight excluding hydrogens is 182 g/mol. The zero-order chi connectivity index (χ0) is 10.4. The van der Waals surface area contributed by atoms with Crippen LogP contribution in [0.3, 0.4) is 0 Å². The number of rotatable bonds is 4. The molecule has 14 heavy (non-hydrogen) atoms. The van der Waals surface area contributed by atoms with E-state index >= 15 is 0 Å². The minimum absolute atomic E-state index is 0.122. The largest absolute Gasteiger partial charge is 0.506 e. The molecule has 0 spiro atoms. The van der Waals surface area contributed by atoms with Crippen LogP contribution in [-0.2, 0) is 16.0 Å². The molecule has 4 nitrogen and oxygen atoms in total. The topological polar surface area (TPSA) is 59.4 Å². The summed E-state index contributed by atoms with van der Waals surface area (Å²) < 4.78 is 4.77. The van der Waals surface area contributed by atoms with E-state index < -0.39 is 0 Å². The average Bonchev–Trinajstić information content (AvgIpc) is 2.17.